The molecule has 9 nitrogen and oxygen atoms in total. The van der Waals surface area contributed by atoms with Gasteiger partial charge in [0.15, 0.2) is 0 Å². The third-order valence-electron chi connectivity index (χ3n) is 6.08. The van der Waals surface area contributed by atoms with Crippen molar-refractivity contribution >= 4 is 23.4 Å². The molecule has 0 spiro atoms. The predicted molar refractivity (Wildman–Crippen MR) is 129 cm³/mol. The average molecular weight is 461 g/mol. The molecule has 1 fully saturated rings. The minimum Gasteiger partial charge on any atom is -0.396 e. The number of fused-ring (bicyclic) bond motifs is 1. The van der Waals surface area contributed by atoms with Crippen LogP contribution in [0.3, 0.4) is 0 Å². The van der Waals surface area contributed by atoms with Crippen molar-refractivity contribution in [3.05, 3.63) is 59.9 Å². The average Bonchev–Trinajstić information content (AvgIpc) is 3.33. The highest BCUT2D eigenvalue weighted by Crippen LogP contribution is 2.39. The van der Waals surface area contributed by atoms with Crippen LogP contribution in [0.4, 0.5) is 17.5 Å². The normalized spacial score (nSPS) is 15.3. The van der Waals surface area contributed by atoms with Crippen molar-refractivity contribution in [1.29, 1.82) is 0 Å². The van der Waals surface area contributed by atoms with Gasteiger partial charge in [0, 0.05) is 55.7 Å². The molecule has 176 valence electrons. The molecule has 1 amide bonds. The fourth-order valence-corrected chi connectivity index (χ4v) is 4.34. The van der Waals surface area contributed by atoms with E-state index in [1.807, 2.05) is 36.5 Å². The van der Waals surface area contributed by atoms with E-state index in [1.165, 1.54) is 0 Å². The molecule has 34 heavy (non-hydrogen) atoms. The van der Waals surface area contributed by atoms with E-state index in [0.29, 0.717) is 37.7 Å². The molecule has 0 bridgehead atoms. The summed E-state index contributed by atoms with van der Waals surface area (Å²) in [5.74, 6) is 1.40. The van der Waals surface area contributed by atoms with Crippen LogP contribution in [0.2, 0.25) is 0 Å². The van der Waals surface area contributed by atoms with E-state index < -0.39 is 0 Å². The third kappa shape index (κ3) is 4.57. The number of aliphatic hydroxyl groups is 1. The van der Waals surface area contributed by atoms with E-state index in [1.54, 1.807) is 12.3 Å². The minimum absolute atomic E-state index is 0.0468. The zero-order valence-corrected chi connectivity index (χ0v) is 19.0. The molecule has 5 rings (SSSR count). The number of ether oxygens (including phenoxy) is 1. The van der Waals surface area contributed by atoms with Crippen LogP contribution >= 0.6 is 0 Å². The van der Waals surface area contributed by atoms with E-state index in [-0.39, 0.29) is 12.5 Å². The van der Waals surface area contributed by atoms with Crippen LogP contribution in [0.5, 0.6) is 0 Å². The number of hydrogen-bond donors (Lipinski definition) is 2. The molecule has 0 unspecified atom stereocenters. The molecule has 3 aromatic rings. The van der Waals surface area contributed by atoms with Crippen LogP contribution in [0, 0.1) is 0 Å². The first-order chi connectivity index (χ1) is 16.7. The fourth-order valence-electron chi connectivity index (χ4n) is 4.34. The zero-order chi connectivity index (χ0) is 23.3. The lowest BCUT2D eigenvalue weighted by atomic mass is 10.0. The van der Waals surface area contributed by atoms with Crippen molar-refractivity contribution in [2.24, 2.45) is 0 Å². The van der Waals surface area contributed by atoms with Gasteiger partial charge in [0.2, 0.25) is 5.95 Å². The van der Waals surface area contributed by atoms with Crippen LogP contribution in [-0.4, -0.2) is 72.0 Å². The molecule has 2 aliphatic rings. The number of rotatable bonds is 7. The van der Waals surface area contributed by atoms with E-state index in [4.69, 9.17) is 19.8 Å². The smallest absolute Gasteiger partial charge is 0.251 e. The van der Waals surface area contributed by atoms with Gasteiger partial charge in [0.1, 0.15) is 5.82 Å². The molecule has 4 heterocycles. The molecule has 0 saturated carbocycles. The largest absolute Gasteiger partial charge is 0.396 e. The SMILES string of the molecule is O=C(NCCCO)c1cccc(-c2nc(N3CCOCC3)nc3c2CCN3c2cccnc2)c1. The van der Waals surface area contributed by atoms with E-state index in [2.05, 4.69) is 20.1 Å². The Morgan fingerprint density at radius 1 is 1.12 bits per heavy atom. The maximum Gasteiger partial charge on any atom is 0.251 e. The van der Waals surface area contributed by atoms with Crippen LogP contribution in [0.1, 0.15) is 22.3 Å². The Balaban J connectivity index is 1.55. The summed E-state index contributed by atoms with van der Waals surface area (Å²) in [5, 5.41) is 11.8. The second kappa shape index (κ2) is 10.1. The zero-order valence-electron chi connectivity index (χ0n) is 19.0. The Labute approximate surface area is 198 Å². The molecular weight excluding hydrogens is 432 g/mol. The molecule has 9 heteroatoms. The van der Waals surface area contributed by atoms with Crippen molar-refractivity contribution < 1.29 is 14.6 Å². The molecule has 0 aliphatic carbocycles. The summed E-state index contributed by atoms with van der Waals surface area (Å²) < 4.78 is 5.53. The van der Waals surface area contributed by atoms with Gasteiger partial charge in [-0.15, -0.1) is 0 Å². The van der Waals surface area contributed by atoms with Crippen molar-refractivity contribution in [3.63, 3.8) is 0 Å². The summed E-state index contributed by atoms with van der Waals surface area (Å²) >= 11 is 0. The van der Waals surface area contributed by atoms with Gasteiger partial charge in [-0.25, -0.2) is 4.98 Å². The number of carbonyl (C=O) groups excluding carboxylic acids is 1. The van der Waals surface area contributed by atoms with Crippen molar-refractivity contribution in [1.82, 2.24) is 20.3 Å². The molecule has 2 N–H and O–H groups in total. The summed E-state index contributed by atoms with van der Waals surface area (Å²) in [6.45, 7) is 4.03. The standard InChI is InChI=1S/C25H28N6O3/c32-13-3-9-27-24(33)19-5-1-4-18(16-19)22-21-7-10-31(20-6-2-8-26-17-20)23(21)29-25(28-22)30-11-14-34-15-12-30/h1-2,4-6,8,16-17,32H,3,7,9-15H2,(H,27,33). The van der Waals surface area contributed by atoms with Gasteiger partial charge >= 0.3 is 0 Å². The molecule has 2 aliphatic heterocycles. The molecule has 0 atom stereocenters. The molecule has 1 saturated heterocycles. The number of aromatic nitrogens is 3. The number of hydrogen-bond acceptors (Lipinski definition) is 8. The van der Waals surface area contributed by atoms with Gasteiger partial charge in [-0.1, -0.05) is 12.1 Å². The van der Waals surface area contributed by atoms with Crippen molar-refractivity contribution in [3.8, 4) is 11.3 Å². The second-order valence-corrected chi connectivity index (χ2v) is 8.30. The van der Waals surface area contributed by atoms with Crippen molar-refractivity contribution in [2.75, 3.05) is 55.8 Å². The van der Waals surface area contributed by atoms with Gasteiger partial charge in [-0.3, -0.25) is 9.78 Å². The first-order valence-corrected chi connectivity index (χ1v) is 11.7. The first kappa shape index (κ1) is 22.2. The quantitative estimate of drug-likeness (QED) is 0.517. The number of aliphatic hydroxyl groups excluding tert-OH is 1. The Bertz CT molecular complexity index is 1150. The van der Waals surface area contributed by atoms with Gasteiger partial charge in [0.25, 0.3) is 5.91 Å². The highest BCUT2D eigenvalue weighted by Gasteiger charge is 2.29. The predicted octanol–water partition coefficient (Wildman–Crippen LogP) is 2.18. The van der Waals surface area contributed by atoms with Crippen LogP contribution in [0.15, 0.2) is 48.8 Å². The Morgan fingerprint density at radius 3 is 2.79 bits per heavy atom. The molecule has 0 radical (unpaired) electrons. The lowest BCUT2D eigenvalue weighted by Crippen LogP contribution is -2.37. The van der Waals surface area contributed by atoms with E-state index >= 15 is 0 Å². The van der Waals surface area contributed by atoms with E-state index in [0.717, 1.165) is 54.4 Å². The Kier molecular flexibility index (Phi) is 6.64. The first-order valence-electron chi connectivity index (χ1n) is 11.7. The number of pyridine rings is 1. The van der Waals surface area contributed by atoms with Crippen LogP contribution in [-0.2, 0) is 11.2 Å². The maximum atomic E-state index is 12.6. The van der Waals surface area contributed by atoms with Gasteiger partial charge < -0.3 is 25.0 Å². The summed E-state index contributed by atoms with van der Waals surface area (Å²) in [6, 6.07) is 11.5. The number of nitrogens with zero attached hydrogens (tertiary/aromatic N) is 5. The summed E-state index contributed by atoms with van der Waals surface area (Å²) in [6.07, 6.45) is 4.94. The summed E-state index contributed by atoms with van der Waals surface area (Å²) in [5.41, 5.74) is 4.37. The Morgan fingerprint density at radius 2 is 2.00 bits per heavy atom. The number of nitrogens with one attached hydrogen (secondary N) is 1. The monoisotopic (exact) mass is 460 g/mol. The van der Waals surface area contributed by atoms with E-state index in [9.17, 15) is 4.79 Å². The molecular formula is C25H28N6O3. The van der Waals surface area contributed by atoms with Gasteiger partial charge in [-0.2, -0.15) is 4.98 Å². The maximum absolute atomic E-state index is 12.6. The number of amides is 1. The number of benzene rings is 1. The van der Waals surface area contributed by atoms with Gasteiger partial charge in [-0.05, 0) is 37.1 Å². The number of anilines is 3. The number of carbonyl (C=O) groups is 1. The molecule has 2 aromatic heterocycles. The summed E-state index contributed by atoms with van der Waals surface area (Å²) in [7, 11) is 0. The fraction of sp³-hybridized carbons (Fsp3) is 0.360. The highest BCUT2D eigenvalue weighted by molar-refractivity contribution is 5.95. The highest BCUT2D eigenvalue weighted by atomic mass is 16.5. The number of morpholine rings is 1. The topological polar surface area (TPSA) is 104 Å². The lowest BCUT2D eigenvalue weighted by molar-refractivity contribution is 0.0951. The second-order valence-electron chi connectivity index (χ2n) is 8.30. The Hall–Kier alpha value is -3.56. The van der Waals surface area contributed by atoms with Crippen LogP contribution < -0.4 is 15.1 Å². The molecule has 1 aromatic carbocycles. The minimum atomic E-state index is -0.161. The van der Waals surface area contributed by atoms with Crippen LogP contribution in [0.25, 0.3) is 11.3 Å². The van der Waals surface area contributed by atoms with Crippen molar-refractivity contribution in [2.45, 2.75) is 12.8 Å². The summed E-state index contributed by atoms with van der Waals surface area (Å²) in [4.78, 5) is 31.2. The third-order valence-corrected chi connectivity index (χ3v) is 6.08. The van der Waals surface area contributed by atoms with Gasteiger partial charge in [0.05, 0.1) is 30.8 Å². The lowest BCUT2D eigenvalue weighted by Gasteiger charge is -2.28.